The van der Waals surface area contributed by atoms with E-state index >= 15 is 0 Å². The number of carbonyl (C=O) groups excluding carboxylic acids is 1. The van der Waals surface area contributed by atoms with Gasteiger partial charge in [0.25, 0.3) is 0 Å². The van der Waals surface area contributed by atoms with E-state index in [9.17, 15) is 13.2 Å². The Hall–Kier alpha value is -2.06. The van der Waals surface area contributed by atoms with E-state index in [-0.39, 0.29) is 27.3 Å². The summed E-state index contributed by atoms with van der Waals surface area (Å²) in [7, 11) is -2.61. The molecule has 0 aliphatic heterocycles. The van der Waals surface area contributed by atoms with Crippen LogP contribution < -0.4 is 8.92 Å². The second-order valence-corrected chi connectivity index (χ2v) is 6.95. The standard InChI is InChI=1S/C16H15BrO6S/c1-3-22-16(18)11-7-8-15(14(17)9-11)24(19,20)23-13-6-4-5-12(10-13)21-2/h4-10H,3H2,1-2H3. The molecule has 0 N–H and O–H groups in total. The summed E-state index contributed by atoms with van der Waals surface area (Å²) in [5.41, 5.74) is 0.240. The Kier molecular flexibility index (Phi) is 5.84. The summed E-state index contributed by atoms with van der Waals surface area (Å²) in [6, 6.07) is 10.3. The van der Waals surface area contributed by atoms with Crippen LogP contribution in [0.15, 0.2) is 51.8 Å². The highest BCUT2D eigenvalue weighted by atomic mass is 79.9. The zero-order valence-corrected chi connectivity index (χ0v) is 15.4. The third-order valence-corrected chi connectivity index (χ3v) is 5.18. The first-order chi connectivity index (χ1) is 11.4. The summed E-state index contributed by atoms with van der Waals surface area (Å²) < 4.78 is 40.1. The minimum absolute atomic E-state index is 0.0987. The fraction of sp³-hybridized carbons (Fsp3) is 0.188. The number of rotatable bonds is 6. The van der Waals surface area contributed by atoms with Crippen molar-refractivity contribution in [1.82, 2.24) is 0 Å². The van der Waals surface area contributed by atoms with Crippen LogP contribution in [0.5, 0.6) is 11.5 Å². The quantitative estimate of drug-likeness (QED) is 0.532. The van der Waals surface area contributed by atoms with Gasteiger partial charge >= 0.3 is 16.1 Å². The van der Waals surface area contributed by atoms with Crippen molar-refractivity contribution in [2.45, 2.75) is 11.8 Å². The Morgan fingerprint density at radius 1 is 1.12 bits per heavy atom. The van der Waals surface area contributed by atoms with Gasteiger partial charge in [-0.1, -0.05) is 6.07 Å². The molecule has 0 bridgehead atoms. The highest BCUT2D eigenvalue weighted by molar-refractivity contribution is 9.10. The van der Waals surface area contributed by atoms with E-state index in [4.69, 9.17) is 13.7 Å². The summed E-state index contributed by atoms with van der Waals surface area (Å²) in [5.74, 6) is 0.0611. The lowest BCUT2D eigenvalue weighted by molar-refractivity contribution is 0.0526. The van der Waals surface area contributed by atoms with Gasteiger partial charge in [-0.25, -0.2) is 4.79 Å². The van der Waals surface area contributed by atoms with Crippen LogP contribution in [0.4, 0.5) is 0 Å². The van der Waals surface area contributed by atoms with Crippen LogP contribution in [-0.4, -0.2) is 28.1 Å². The third-order valence-electron chi connectivity index (χ3n) is 2.96. The van der Waals surface area contributed by atoms with Gasteiger partial charge < -0.3 is 13.7 Å². The van der Waals surface area contributed by atoms with Crippen molar-refractivity contribution in [3.05, 3.63) is 52.5 Å². The molecule has 0 spiro atoms. The maximum Gasteiger partial charge on any atom is 0.340 e. The van der Waals surface area contributed by atoms with Gasteiger partial charge in [0.2, 0.25) is 0 Å². The van der Waals surface area contributed by atoms with Gasteiger partial charge in [0.15, 0.2) is 0 Å². The summed E-state index contributed by atoms with van der Waals surface area (Å²) >= 11 is 3.15. The van der Waals surface area contributed by atoms with Crippen molar-refractivity contribution >= 4 is 32.0 Å². The molecule has 2 aromatic rings. The molecule has 0 heterocycles. The Morgan fingerprint density at radius 3 is 2.46 bits per heavy atom. The molecule has 2 rings (SSSR count). The van der Waals surface area contributed by atoms with E-state index in [1.807, 2.05) is 0 Å². The van der Waals surface area contributed by atoms with Crippen LogP contribution in [0.2, 0.25) is 0 Å². The molecule has 0 amide bonds. The van der Waals surface area contributed by atoms with Gasteiger partial charge in [-0.2, -0.15) is 8.42 Å². The fourth-order valence-electron chi connectivity index (χ4n) is 1.87. The number of methoxy groups -OCH3 is 1. The first kappa shape index (κ1) is 18.3. The van der Waals surface area contributed by atoms with Crippen molar-refractivity contribution in [3.63, 3.8) is 0 Å². The van der Waals surface area contributed by atoms with Gasteiger partial charge in [0.1, 0.15) is 16.4 Å². The van der Waals surface area contributed by atoms with Crippen molar-refractivity contribution in [1.29, 1.82) is 0 Å². The van der Waals surface area contributed by atoms with E-state index < -0.39 is 16.1 Å². The zero-order valence-electron chi connectivity index (χ0n) is 13.0. The van der Waals surface area contributed by atoms with Gasteiger partial charge in [-0.3, -0.25) is 0 Å². The molecule has 24 heavy (non-hydrogen) atoms. The number of esters is 1. The largest absolute Gasteiger partial charge is 0.497 e. The minimum Gasteiger partial charge on any atom is -0.497 e. The minimum atomic E-state index is -4.08. The average Bonchev–Trinajstić information content (AvgIpc) is 2.54. The lowest BCUT2D eigenvalue weighted by Gasteiger charge is -2.10. The predicted octanol–water partition coefficient (Wildman–Crippen LogP) is 3.40. The molecule has 0 saturated heterocycles. The smallest absolute Gasteiger partial charge is 0.340 e. The van der Waals surface area contributed by atoms with Crippen LogP contribution >= 0.6 is 15.9 Å². The van der Waals surface area contributed by atoms with Crippen LogP contribution in [0.3, 0.4) is 0 Å². The lowest BCUT2D eigenvalue weighted by atomic mass is 10.2. The molecule has 6 nitrogen and oxygen atoms in total. The summed E-state index contributed by atoms with van der Waals surface area (Å²) in [6.45, 7) is 1.92. The first-order valence-corrected chi connectivity index (χ1v) is 9.12. The monoisotopic (exact) mass is 414 g/mol. The Labute approximate surface area is 148 Å². The normalized spacial score (nSPS) is 11.0. The average molecular weight is 415 g/mol. The van der Waals surface area contributed by atoms with E-state index in [2.05, 4.69) is 15.9 Å². The summed E-state index contributed by atoms with van der Waals surface area (Å²) in [6.07, 6.45) is 0. The second kappa shape index (κ2) is 7.67. The molecule has 0 aliphatic carbocycles. The SMILES string of the molecule is CCOC(=O)c1ccc(S(=O)(=O)Oc2cccc(OC)c2)c(Br)c1. The number of ether oxygens (including phenoxy) is 2. The highest BCUT2D eigenvalue weighted by Gasteiger charge is 2.22. The topological polar surface area (TPSA) is 78.9 Å². The van der Waals surface area contributed by atoms with Crippen LogP contribution in [-0.2, 0) is 14.9 Å². The number of hydrogen-bond acceptors (Lipinski definition) is 6. The van der Waals surface area contributed by atoms with Gasteiger partial charge in [0.05, 0.1) is 19.3 Å². The maximum absolute atomic E-state index is 12.4. The van der Waals surface area contributed by atoms with Gasteiger partial charge in [-0.05, 0) is 53.2 Å². The van der Waals surface area contributed by atoms with Gasteiger partial charge in [0, 0.05) is 10.5 Å². The number of halogens is 1. The number of benzene rings is 2. The molecule has 0 atom stereocenters. The van der Waals surface area contributed by atoms with Crippen LogP contribution in [0, 0.1) is 0 Å². The lowest BCUT2D eigenvalue weighted by Crippen LogP contribution is -2.12. The summed E-state index contributed by atoms with van der Waals surface area (Å²) in [5, 5.41) is 0. The molecule has 0 saturated carbocycles. The van der Waals surface area contributed by atoms with Crippen LogP contribution in [0.25, 0.3) is 0 Å². The molecule has 0 radical (unpaired) electrons. The molecule has 2 aromatic carbocycles. The molecule has 0 aliphatic rings. The van der Waals surface area contributed by atoms with E-state index in [0.717, 1.165) is 0 Å². The predicted molar refractivity (Wildman–Crippen MR) is 90.9 cm³/mol. The Balaban J connectivity index is 2.30. The van der Waals surface area contributed by atoms with Crippen LogP contribution in [0.1, 0.15) is 17.3 Å². The molecule has 8 heteroatoms. The summed E-state index contributed by atoms with van der Waals surface area (Å²) in [4.78, 5) is 11.6. The molecular weight excluding hydrogens is 400 g/mol. The van der Waals surface area contributed by atoms with E-state index in [1.54, 1.807) is 19.1 Å². The molecule has 128 valence electrons. The van der Waals surface area contributed by atoms with E-state index in [0.29, 0.717) is 5.75 Å². The van der Waals surface area contributed by atoms with Crippen molar-refractivity contribution < 1.29 is 26.9 Å². The third kappa shape index (κ3) is 4.27. The molecule has 0 fully saturated rings. The Bertz CT molecular complexity index is 847. The maximum atomic E-state index is 12.4. The van der Waals surface area contributed by atoms with Gasteiger partial charge in [-0.15, -0.1) is 0 Å². The van der Waals surface area contributed by atoms with Crippen molar-refractivity contribution in [2.24, 2.45) is 0 Å². The second-order valence-electron chi connectivity index (χ2n) is 4.58. The molecule has 0 unspecified atom stereocenters. The molecule has 0 aromatic heterocycles. The first-order valence-electron chi connectivity index (χ1n) is 6.92. The van der Waals surface area contributed by atoms with Crippen molar-refractivity contribution in [2.75, 3.05) is 13.7 Å². The van der Waals surface area contributed by atoms with Crippen molar-refractivity contribution in [3.8, 4) is 11.5 Å². The fourth-order valence-corrected chi connectivity index (χ4v) is 3.82. The highest BCUT2D eigenvalue weighted by Crippen LogP contribution is 2.28. The van der Waals surface area contributed by atoms with E-state index in [1.165, 1.54) is 37.4 Å². The zero-order chi connectivity index (χ0) is 17.7. The molecular formula is C16H15BrO6S. The Morgan fingerprint density at radius 2 is 1.83 bits per heavy atom. The number of hydrogen-bond donors (Lipinski definition) is 0. The number of carbonyl (C=O) groups is 1.